The highest BCUT2D eigenvalue weighted by molar-refractivity contribution is 9.10. The van der Waals surface area contributed by atoms with E-state index in [9.17, 15) is 12.8 Å². The van der Waals surface area contributed by atoms with Crippen LogP contribution in [0.25, 0.3) is 0 Å². The molecule has 21 heavy (non-hydrogen) atoms. The van der Waals surface area contributed by atoms with Crippen LogP contribution in [0.15, 0.2) is 51.8 Å². The van der Waals surface area contributed by atoms with E-state index < -0.39 is 15.8 Å². The van der Waals surface area contributed by atoms with Gasteiger partial charge in [0, 0.05) is 16.7 Å². The minimum Gasteiger partial charge on any atom is -0.316 e. The van der Waals surface area contributed by atoms with Crippen molar-refractivity contribution < 1.29 is 12.8 Å². The van der Waals surface area contributed by atoms with Gasteiger partial charge in [-0.1, -0.05) is 22.0 Å². The fourth-order valence-electron chi connectivity index (χ4n) is 1.84. The lowest BCUT2D eigenvalue weighted by Crippen LogP contribution is -2.17. The summed E-state index contributed by atoms with van der Waals surface area (Å²) in [5.74, 6) is -0.592. The Balaban J connectivity index is 2.39. The van der Waals surface area contributed by atoms with Gasteiger partial charge in [0.25, 0.3) is 10.0 Å². The van der Waals surface area contributed by atoms with Gasteiger partial charge >= 0.3 is 0 Å². The monoisotopic (exact) mass is 372 g/mol. The van der Waals surface area contributed by atoms with Crippen LogP contribution in [-0.2, 0) is 16.6 Å². The van der Waals surface area contributed by atoms with Gasteiger partial charge in [0.15, 0.2) is 0 Å². The zero-order valence-corrected chi connectivity index (χ0v) is 13.6. The highest BCUT2D eigenvalue weighted by Crippen LogP contribution is 2.22. The van der Waals surface area contributed by atoms with Crippen molar-refractivity contribution in [2.75, 3.05) is 11.8 Å². The van der Waals surface area contributed by atoms with E-state index in [1.165, 1.54) is 12.1 Å². The molecule has 0 aliphatic rings. The Hall–Kier alpha value is -1.44. The van der Waals surface area contributed by atoms with Crippen molar-refractivity contribution in [2.24, 2.45) is 0 Å². The highest BCUT2D eigenvalue weighted by Gasteiger charge is 2.19. The van der Waals surface area contributed by atoms with E-state index >= 15 is 0 Å². The Morgan fingerprint density at radius 3 is 2.43 bits per heavy atom. The number of rotatable bonds is 5. The molecule has 2 aromatic carbocycles. The minimum atomic E-state index is -3.85. The maximum Gasteiger partial charge on any atom is 0.262 e. The molecule has 112 valence electrons. The second kappa shape index (κ2) is 6.55. The van der Waals surface area contributed by atoms with Gasteiger partial charge in [-0.15, -0.1) is 0 Å². The summed E-state index contributed by atoms with van der Waals surface area (Å²) in [7, 11) is -2.15. The van der Waals surface area contributed by atoms with Crippen molar-refractivity contribution in [3.05, 3.63) is 58.3 Å². The van der Waals surface area contributed by atoms with Crippen molar-refractivity contribution in [2.45, 2.75) is 11.4 Å². The van der Waals surface area contributed by atoms with Crippen LogP contribution in [0.4, 0.5) is 10.1 Å². The smallest absolute Gasteiger partial charge is 0.262 e. The Labute approximate surface area is 131 Å². The van der Waals surface area contributed by atoms with Gasteiger partial charge in [0.2, 0.25) is 0 Å². The van der Waals surface area contributed by atoms with E-state index in [0.29, 0.717) is 17.8 Å². The molecule has 0 spiro atoms. The lowest BCUT2D eigenvalue weighted by molar-refractivity contribution is 0.592. The summed E-state index contributed by atoms with van der Waals surface area (Å²) in [6.45, 7) is 0.330. The molecule has 0 atom stereocenters. The molecule has 0 heterocycles. The maximum atomic E-state index is 13.4. The Kier molecular flexibility index (Phi) is 4.97. The summed E-state index contributed by atoms with van der Waals surface area (Å²) >= 11 is 3.28. The molecule has 2 aromatic rings. The zero-order valence-electron chi connectivity index (χ0n) is 11.2. The normalized spacial score (nSPS) is 11.4. The van der Waals surface area contributed by atoms with Crippen LogP contribution >= 0.6 is 15.9 Å². The summed E-state index contributed by atoms with van der Waals surface area (Å²) in [5.41, 5.74) is 0.918. The molecule has 0 aliphatic heterocycles. The summed E-state index contributed by atoms with van der Waals surface area (Å²) in [6.07, 6.45) is 0. The van der Waals surface area contributed by atoms with E-state index in [1.807, 2.05) is 0 Å². The standard InChI is InChI=1S/C14H14BrFN2O2S/c1-17-9-10-2-5-12(16)8-14(10)21(19,20)18-13-6-3-11(15)4-7-13/h2-8,17-18H,9H2,1H3. The average Bonchev–Trinajstić information content (AvgIpc) is 2.43. The number of anilines is 1. The molecule has 0 bridgehead atoms. The molecule has 4 nitrogen and oxygen atoms in total. The van der Waals surface area contributed by atoms with Crippen molar-refractivity contribution >= 4 is 31.6 Å². The number of hydrogen-bond acceptors (Lipinski definition) is 3. The first kappa shape index (κ1) is 15.9. The first-order chi connectivity index (χ1) is 9.92. The van der Waals surface area contributed by atoms with E-state index in [-0.39, 0.29) is 4.90 Å². The van der Waals surface area contributed by atoms with Crippen LogP contribution in [0.5, 0.6) is 0 Å². The Morgan fingerprint density at radius 2 is 1.81 bits per heavy atom. The molecule has 2 N–H and O–H groups in total. The van der Waals surface area contributed by atoms with Crippen molar-refractivity contribution in [1.82, 2.24) is 5.32 Å². The third-order valence-corrected chi connectivity index (χ3v) is 4.77. The lowest BCUT2D eigenvalue weighted by Gasteiger charge is -2.12. The van der Waals surface area contributed by atoms with Crippen LogP contribution in [-0.4, -0.2) is 15.5 Å². The largest absolute Gasteiger partial charge is 0.316 e. The van der Waals surface area contributed by atoms with E-state index in [2.05, 4.69) is 26.0 Å². The first-order valence-corrected chi connectivity index (χ1v) is 8.41. The summed E-state index contributed by atoms with van der Waals surface area (Å²) < 4.78 is 41.5. The Bertz CT molecular complexity index is 733. The molecule has 0 aliphatic carbocycles. The summed E-state index contributed by atoms with van der Waals surface area (Å²) in [6, 6.07) is 10.4. The third kappa shape index (κ3) is 4.03. The second-order valence-electron chi connectivity index (χ2n) is 4.39. The van der Waals surface area contributed by atoms with Crippen LogP contribution in [0.1, 0.15) is 5.56 Å². The van der Waals surface area contributed by atoms with Gasteiger partial charge < -0.3 is 5.32 Å². The van der Waals surface area contributed by atoms with Crippen molar-refractivity contribution in [1.29, 1.82) is 0 Å². The predicted molar refractivity (Wildman–Crippen MR) is 84.1 cm³/mol. The van der Waals surface area contributed by atoms with E-state index in [1.54, 1.807) is 31.3 Å². The van der Waals surface area contributed by atoms with Gasteiger partial charge in [0.1, 0.15) is 5.82 Å². The third-order valence-electron chi connectivity index (χ3n) is 2.78. The van der Waals surface area contributed by atoms with Gasteiger partial charge in [-0.05, 0) is 49.0 Å². The molecule has 0 radical (unpaired) electrons. The molecule has 7 heteroatoms. The van der Waals surface area contributed by atoms with Crippen LogP contribution in [0.2, 0.25) is 0 Å². The second-order valence-corrected chi connectivity index (χ2v) is 6.96. The predicted octanol–water partition coefficient (Wildman–Crippen LogP) is 3.11. The number of hydrogen-bond donors (Lipinski definition) is 2. The molecule has 0 aromatic heterocycles. The molecule has 0 saturated heterocycles. The number of nitrogens with one attached hydrogen (secondary N) is 2. The van der Waals surface area contributed by atoms with E-state index in [0.717, 1.165) is 10.5 Å². The SMILES string of the molecule is CNCc1ccc(F)cc1S(=O)(=O)Nc1ccc(Br)cc1. The molecule has 0 fully saturated rings. The maximum absolute atomic E-state index is 13.4. The molecular weight excluding hydrogens is 359 g/mol. The van der Waals surface area contributed by atoms with Crippen molar-refractivity contribution in [3.63, 3.8) is 0 Å². The van der Waals surface area contributed by atoms with Crippen molar-refractivity contribution in [3.8, 4) is 0 Å². The molecule has 0 saturated carbocycles. The van der Waals surface area contributed by atoms with Gasteiger partial charge in [-0.25, -0.2) is 12.8 Å². The van der Waals surface area contributed by atoms with Gasteiger partial charge in [-0.3, -0.25) is 4.72 Å². The average molecular weight is 373 g/mol. The Morgan fingerprint density at radius 1 is 1.14 bits per heavy atom. The van der Waals surface area contributed by atoms with E-state index in [4.69, 9.17) is 0 Å². The quantitative estimate of drug-likeness (QED) is 0.847. The molecule has 2 rings (SSSR count). The van der Waals surface area contributed by atoms with Gasteiger partial charge in [0.05, 0.1) is 4.90 Å². The van der Waals surface area contributed by atoms with Crippen LogP contribution in [0, 0.1) is 5.82 Å². The number of benzene rings is 2. The first-order valence-electron chi connectivity index (χ1n) is 6.14. The lowest BCUT2D eigenvalue weighted by atomic mass is 10.2. The molecular formula is C14H14BrFN2O2S. The summed E-state index contributed by atoms with van der Waals surface area (Å²) in [5, 5.41) is 2.87. The number of halogens is 2. The van der Waals surface area contributed by atoms with Crippen LogP contribution < -0.4 is 10.0 Å². The molecule has 0 unspecified atom stereocenters. The topological polar surface area (TPSA) is 58.2 Å². The zero-order chi connectivity index (χ0) is 15.5. The number of sulfonamides is 1. The van der Waals surface area contributed by atoms with Crippen LogP contribution in [0.3, 0.4) is 0 Å². The molecule has 0 amide bonds. The fourth-order valence-corrected chi connectivity index (χ4v) is 3.42. The highest BCUT2D eigenvalue weighted by atomic mass is 79.9. The minimum absolute atomic E-state index is 0.0697. The van der Waals surface area contributed by atoms with Gasteiger partial charge in [-0.2, -0.15) is 0 Å². The fraction of sp³-hybridized carbons (Fsp3) is 0.143. The summed E-state index contributed by atoms with van der Waals surface area (Å²) in [4.78, 5) is -0.0697.